The van der Waals surface area contributed by atoms with Crippen molar-refractivity contribution in [1.29, 1.82) is 0 Å². The van der Waals surface area contributed by atoms with Gasteiger partial charge in [-0.05, 0) is 216 Å². The lowest BCUT2D eigenvalue weighted by Crippen LogP contribution is -2.18. The van der Waals surface area contributed by atoms with Crippen LogP contribution in [0.5, 0.6) is 0 Å². The van der Waals surface area contributed by atoms with Gasteiger partial charge >= 0.3 is 0 Å². The van der Waals surface area contributed by atoms with Crippen molar-refractivity contribution in [1.82, 2.24) is 99.8 Å². The van der Waals surface area contributed by atoms with Crippen molar-refractivity contribution in [2.24, 2.45) is 20.9 Å². The number of aromatic nitrogens is 20. The zero-order chi connectivity index (χ0) is 83.4. The van der Waals surface area contributed by atoms with E-state index in [1.807, 2.05) is 103 Å². The average molecular weight is 1660 g/mol. The van der Waals surface area contributed by atoms with Gasteiger partial charge < -0.3 is 31.1 Å². The third kappa shape index (κ3) is 16.9. The SMILES string of the molecule is C.C1=NCc2ccc(NC3=NCc4cccnc43)cc21.CCCCCn1nc(C)c2cc(Nc3n[nH]c4cccnc34)ccc21.Cc1nn(C2CCCCC2)c2ccc(Nc3n[nH]c4cccnc34)cc12.Cc1nn(Cc2noc3ccccc23)c2ccc(Nc3n[nH]c4cccnc34)cc12.c1cnc2c(c1)CN=C2Nc1ccc2nn(CC3CCC3)cc2c1. The molecular formula is C96H96N28O. The van der Waals surface area contributed by atoms with Gasteiger partial charge in [-0.1, -0.05) is 88.4 Å². The number of para-hydroxylation sites is 1. The highest BCUT2D eigenvalue weighted by Crippen LogP contribution is 2.37. The van der Waals surface area contributed by atoms with Crippen LogP contribution in [0.25, 0.3) is 87.7 Å². The van der Waals surface area contributed by atoms with Crippen LogP contribution in [-0.4, -0.2) is 118 Å². The van der Waals surface area contributed by atoms with E-state index < -0.39 is 0 Å². The number of fused-ring (bicyclic) bond motifs is 11. The predicted octanol–water partition coefficient (Wildman–Crippen LogP) is 20.6. The normalized spacial score (nSPS) is 13.9. The highest BCUT2D eigenvalue weighted by Gasteiger charge is 2.25. The summed E-state index contributed by atoms with van der Waals surface area (Å²) in [5, 5.41) is 67.7. The predicted molar refractivity (Wildman–Crippen MR) is 497 cm³/mol. The van der Waals surface area contributed by atoms with Gasteiger partial charge in [-0.15, -0.1) is 0 Å². The van der Waals surface area contributed by atoms with Gasteiger partial charge in [0, 0.05) is 123 Å². The molecule has 3 aliphatic heterocycles. The molecule has 0 radical (unpaired) electrons. The molecule has 29 heteroatoms. The number of unbranched alkanes of at least 4 members (excludes halogenated alkanes) is 2. The number of aliphatic imine (C=N–C) groups is 3. The smallest absolute Gasteiger partial charge is 0.178 e. The van der Waals surface area contributed by atoms with E-state index in [9.17, 15) is 0 Å². The number of nitrogens with zero attached hydrogens (tertiary/aromatic N) is 20. The molecule has 2 saturated carbocycles. The second kappa shape index (κ2) is 35.5. The second-order valence-corrected chi connectivity index (χ2v) is 32.1. The van der Waals surface area contributed by atoms with E-state index in [0.29, 0.717) is 31.5 Å². The average Bonchev–Trinajstić information content (AvgIpc) is 1.63. The van der Waals surface area contributed by atoms with Gasteiger partial charge in [-0.25, -0.2) is 0 Å². The van der Waals surface area contributed by atoms with Crippen LogP contribution in [0, 0.1) is 26.7 Å². The molecule has 0 amide bonds. The Morgan fingerprint density at radius 3 is 1.58 bits per heavy atom. The van der Waals surface area contributed by atoms with Crippen LogP contribution >= 0.6 is 0 Å². The molecule has 6 aromatic carbocycles. The van der Waals surface area contributed by atoms with Gasteiger partial charge in [-0.2, -0.15) is 35.7 Å². The minimum Gasteiger partial charge on any atom is -0.356 e. The molecule has 24 rings (SSSR count). The number of nitrogens with one attached hydrogen (secondary N) is 8. The van der Waals surface area contributed by atoms with E-state index >= 15 is 0 Å². The first kappa shape index (κ1) is 79.6. The number of aromatic amines is 3. The second-order valence-electron chi connectivity index (χ2n) is 32.1. The molecule has 5 aliphatic rings. The molecule has 8 N–H and O–H groups in total. The minimum atomic E-state index is 0. The topological polar surface area (TPSA) is 345 Å². The van der Waals surface area contributed by atoms with Crippen molar-refractivity contribution >= 4 is 151 Å². The molecule has 2 fully saturated rings. The Hall–Kier alpha value is -15.2. The van der Waals surface area contributed by atoms with Crippen LogP contribution in [-0.2, 0) is 39.3 Å². The number of pyridine rings is 5. The summed E-state index contributed by atoms with van der Waals surface area (Å²) in [5.74, 6) is 4.70. The van der Waals surface area contributed by atoms with Gasteiger partial charge in [0.25, 0.3) is 0 Å². The highest BCUT2D eigenvalue weighted by atomic mass is 16.5. The Bertz CT molecular complexity index is 7220. The lowest BCUT2D eigenvalue weighted by atomic mass is 9.85. The van der Waals surface area contributed by atoms with Crippen molar-refractivity contribution in [3.63, 3.8) is 0 Å². The zero-order valence-corrected chi connectivity index (χ0v) is 69.3. The van der Waals surface area contributed by atoms with Crippen LogP contribution in [0.1, 0.15) is 147 Å². The van der Waals surface area contributed by atoms with Gasteiger partial charge in [0.2, 0.25) is 0 Å². The van der Waals surface area contributed by atoms with Crippen molar-refractivity contribution in [3.05, 3.63) is 270 Å². The number of hydrogen-bond acceptors (Lipinski definition) is 22. The van der Waals surface area contributed by atoms with E-state index in [2.05, 4.69) is 245 Å². The Morgan fingerprint density at radius 2 is 0.984 bits per heavy atom. The molecule has 0 spiro atoms. The van der Waals surface area contributed by atoms with Crippen molar-refractivity contribution in [3.8, 4) is 0 Å². The first-order chi connectivity index (χ1) is 61.1. The van der Waals surface area contributed by atoms with Crippen LogP contribution in [0.15, 0.2) is 233 Å². The lowest BCUT2D eigenvalue weighted by molar-refractivity contribution is 0.267. The van der Waals surface area contributed by atoms with Gasteiger partial charge in [0.15, 0.2) is 34.7 Å². The maximum atomic E-state index is 5.44. The van der Waals surface area contributed by atoms with Crippen LogP contribution in [0.2, 0.25) is 0 Å². The molecule has 29 nitrogen and oxygen atoms in total. The molecule has 0 atom stereocenters. The molecule has 2 aliphatic carbocycles. The number of benzene rings is 6. The monoisotopic (exact) mass is 1660 g/mol. The fourth-order valence-electron chi connectivity index (χ4n) is 16.9. The zero-order valence-electron chi connectivity index (χ0n) is 69.3. The van der Waals surface area contributed by atoms with Gasteiger partial charge in [-0.3, -0.25) is 73.9 Å². The summed E-state index contributed by atoms with van der Waals surface area (Å²) in [7, 11) is 0. The van der Waals surface area contributed by atoms with Gasteiger partial charge in [0.05, 0.1) is 87.9 Å². The Morgan fingerprint density at radius 1 is 0.456 bits per heavy atom. The largest absolute Gasteiger partial charge is 0.356 e. The summed E-state index contributed by atoms with van der Waals surface area (Å²) < 4.78 is 13.9. The maximum absolute atomic E-state index is 5.44. The molecular weight excluding hydrogens is 1560 g/mol. The molecule has 16 heterocycles. The quantitative estimate of drug-likeness (QED) is 0.0393. The number of amidine groups is 2. The summed E-state index contributed by atoms with van der Waals surface area (Å²) in [5.41, 5.74) is 26.2. The van der Waals surface area contributed by atoms with Crippen LogP contribution in [0.3, 0.4) is 0 Å². The highest BCUT2D eigenvalue weighted by molar-refractivity contribution is 6.11. The number of rotatable bonds is 17. The van der Waals surface area contributed by atoms with Crippen LogP contribution in [0.4, 0.5) is 45.9 Å². The van der Waals surface area contributed by atoms with Gasteiger partial charge in [0.1, 0.15) is 33.6 Å². The van der Waals surface area contributed by atoms with Crippen LogP contribution < -0.4 is 26.6 Å². The standard InChI is InChI=1S/C22H17N7O.C20H22N6.C19H22N6.C19H19N5.C15H12N4.CH4/c1-13-16-11-14(24-22-21-17(25-26-22)6-4-10-23-21)8-9-19(16)29(27-13)12-18-15-5-2-3-7-20(15)30-28-18;1-13-16-12-14(22-20-19-17(23-24-20)8-5-11-21-19)9-10-18(16)26(25-13)15-6-3-2-4-7-15;1-3-4-5-11-25-17-9-8-14(12-15(17)13(2)24-25)21-19-18-16(22-23-19)7-6-10-20-18;1-3-13(4-1)11-24-12-15-9-16(6-7-17(15)23-24)22-19-18-14(10-21-19)5-2-8-20-18;1-2-11-9-18-15(14(11)17-5-1)19-13-4-3-10-7-16-8-12(10)6-13;/h2-11H,12H2,1H3,(H2,24,25,26);5,8-12,15H,2-4,6-7H2,1H3,(H2,22,23,24);6-10,12H,3-5,11H2,1-2H3,(H2,21,22,23);2,5-9,12-13H,1,3-4,10-11H2,(H,21,22);1-6,8H,7,9H2,(H,18,19);1H4. The molecule has 0 unspecified atom stereocenters. The van der Waals surface area contributed by atoms with E-state index in [0.717, 1.165) is 178 Å². The van der Waals surface area contributed by atoms with Crippen molar-refractivity contribution in [2.75, 3.05) is 26.6 Å². The Kier molecular flexibility index (Phi) is 22.6. The summed E-state index contributed by atoms with van der Waals surface area (Å²) in [6.07, 6.45) is 27.1. The van der Waals surface area contributed by atoms with E-state index in [1.54, 1.807) is 24.8 Å². The number of aryl methyl sites for hydroxylation is 4. The number of H-pyrrole nitrogens is 3. The summed E-state index contributed by atoms with van der Waals surface area (Å²) in [6.45, 7) is 13.1. The first-order valence-corrected chi connectivity index (χ1v) is 42.6. The maximum Gasteiger partial charge on any atom is 0.178 e. The number of anilines is 8. The number of hydrogen-bond donors (Lipinski definition) is 8. The molecule has 19 aromatic rings. The van der Waals surface area contributed by atoms with E-state index in [-0.39, 0.29) is 7.43 Å². The summed E-state index contributed by atoms with van der Waals surface area (Å²) in [4.78, 5) is 35.4. The molecule has 125 heavy (non-hydrogen) atoms. The minimum absolute atomic E-state index is 0. The fourth-order valence-corrected chi connectivity index (χ4v) is 16.9. The lowest BCUT2D eigenvalue weighted by Gasteiger charge is -2.24. The first-order valence-electron chi connectivity index (χ1n) is 42.6. The summed E-state index contributed by atoms with van der Waals surface area (Å²) >= 11 is 0. The molecule has 626 valence electrons. The molecule has 0 saturated heterocycles. The Balaban J connectivity index is 0.000000103. The molecule has 13 aromatic heterocycles. The van der Waals surface area contributed by atoms with E-state index in [1.165, 1.54) is 114 Å². The third-order valence-corrected chi connectivity index (χ3v) is 23.6. The third-order valence-electron chi connectivity index (χ3n) is 23.6. The Labute approximate surface area is 719 Å². The van der Waals surface area contributed by atoms with E-state index in [4.69, 9.17) is 19.8 Å². The van der Waals surface area contributed by atoms with Crippen molar-refractivity contribution < 1.29 is 4.52 Å². The molecule has 0 bridgehead atoms. The van der Waals surface area contributed by atoms with Crippen molar-refractivity contribution in [2.45, 2.75) is 151 Å². The summed E-state index contributed by atoms with van der Waals surface area (Å²) in [6, 6.07) is 59.5. The fraction of sp³-hybridized carbons (Fsp3) is 0.250.